The van der Waals surface area contributed by atoms with Gasteiger partial charge in [-0.2, -0.15) is 0 Å². The molecule has 3 saturated heterocycles. The molecule has 5 rings (SSSR count). The van der Waals surface area contributed by atoms with Crippen molar-refractivity contribution in [3.63, 3.8) is 0 Å². The molecule has 8 nitrogen and oxygen atoms in total. The third-order valence-electron chi connectivity index (χ3n) is 9.22. The Hall–Kier alpha value is -2.16. The molecule has 40 heavy (non-hydrogen) atoms. The van der Waals surface area contributed by atoms with Gasteiger partial charge in [0.1, 0.15) is 5.60 Å². The van der Waals surface area contributed by atoms with Crippen molar-refractivity contribution in [2.45, 2.75) is 108 Å². The van der Waals surface area contributed by atoms with Gasteiger partial charge in [-0.3, -0.25) is 4.79 Å². The second-order valence-corrected chi connectivity index (χ2v) is 13.6. The Morgan fingerprint density at radius 1 is 1.05 bits per heavy atom. The number of hydrogen-bond acceptors (Lipinski definition) is 6. The van der Waals surface area contributed by atoms with E-state index in [0.717, 1.165) is 77.5 Å². The van der Waals surface area contributed by atoms with Crippen LogP contribution in [0.5, 0.6) is 0 Å². The lowest BCUT2D eigenvalue weighted by Gasteiger charge is -2.38. The Labute approximate surface area is 240 Å². The number of carbonyl (C=O) groups excluding carboxylic acids is 2. The van der Waals surface area contributed by atoms with Gasteiger partial charge in [0.2, 0.25) is 5.91 Å². The number of rotatable bonds is 8. The summed E-state index contributed by atoms with van der Waals surface area (Å²) in [5.74, 6) is 0.571. The molecule has 0 unspecified atom stereocenters. The van der Waals surface area contributed by atoms with Crippen LogP contribution in [0.3, 0.4) is 0 Å². The number of ether oxygens (including phenoxy) is 3. The van der Waals surface area contributed by atoms with Gasteiger partial charge in [0.25, 0.3) is 0 Å². The van der Waals surface area contributed by atoms with Gasteiger partial charge in [-0.25, -0.2) is 4.79 Å². The first kappa shape index (κ1) is 29.3. The fourth-order valence-corrected chi connectivity index (χ4v) is 6.49. The lowest BCUT2D eigenvalue weighted by molar-refractivity contribution is -0.117. The minimum atomic E-state index is -0.597. The smallest absolute Gasteiger partial charge is 0.410 e. The van der Waals surface area contributed by atoms with Crippen molar-refractivity contribution in [3.8, 4) is 0 Å². The number of nitrogens with zero attached hydrogens (tertiary/aromatic N) is 2. The number of nitrogens with one attached hydrogen (secondary N) is 1. The van der Waals surface area contributed by atoms with Crippen LogP contribution < -0.4 is 5.32 Å². The first-order valence-electron chi connectivity index (χ1n) is 15.4. The van der Waals surface area contributed by atoms with E-state index in [9.17, 15) is 9.59 Å². The standard InChI is InChI=1S/C32H49N3O5/c1-24(6-12-27-21-32(23-38-32)22-30(2,3)39-27)5-7-25-8-10-26(11-9-25)33-28(36)13-14-31(15-16-31)40-29(37)35-19-17-34(4)18-20-35/h5-6,12-14,25-27H,7-11,15-23H2,1-4H3,(H,33,36)/t25?,26?,27-,32-/m1/s1. The van der Waals surface area contributed by atoms with E-state index in [0.29, 0.717) is 19.0 Å². The molecule has 0 aromatic heterocycles. The summed E-state index contributed by atoms with van der Waals surface area (Å²) >= 11 is 0. The minimum absolute atomic E-state index is 0.0505. The van der Waals surface area contributed by atoms with E-state index in [4.69, 9.17) is 14.2 Å². The predicted octanol–water partition coefficient (Wildman–Crippen LogP) is 4.75. The molecule has 8 heteroatoms. The number of piperazine rings is 1. The third kappa shape index (κ3) is 8.20. The average molecular weight is 556 g/mol. The Morgan fingerprint density at radius 2 is 1.75 bits per heavy atom. The molecule has 0 bridgehead atoms. The van der Waals surface area contributed by atoms with Gasteiger partial charge < -0.3 is 29.3 Å². The van der Waals surface area contributed by atoms with Crippen LogP contribution in [0.1, 0.15) is 78.6 Å². The van der Waals surface area contributed by atoms with Gasteiger partial charge in [0, 0.05) is 51.1 Å². The highest BCUT2D eigenvalue weighted by Crippen LogP contribution is 2.46. The summed E-state index contributed by atoms with van der Waals surface area (Å²) in [6.07, 6.45) is 18.8. The zero-order valence-corrected chi connectivity index (χ0v) is 25.0. The number of amides is 2. The van der Waals surface area contributed by atoms with Crippen LogP contribution in [0.15, 0.2) is 36.0 Å². The van der Waals surface area contributed by atoms with Gasteiger partial charge in [0.05, 0.1) is 23.9 Å². The van der Waals surface area contributed by atoms with Crippen molar-refractivity contribution in [2.75, 3.05) is 39.8 Å². The zero-order chi connectivity index (χ0) is 28.4. The van der Waals surface area contributed by atoms with Crippen molar-refractivity contribution in [3.05, 3.63) is 36.0 Å². The van der Waals surface area contributed by atoms with Gasteiger partial charge in [-0.15, -0.1) is 0 Å². The molecule has 1 N–H and O–H groups in total. The van der Waals surface area contributed by atoms with Gasteiger partial charge in [0.15, 0.2) is 0 Å². The SMILES string of the molecule is CC(C=C[C@@H]1C[C@]2(CO2)CC(C)(C)O1)=CCC1CCC(NC(=O)C=CC2(OC(=O)N3CCN(C)CC3)CC2)CC1. The summed E-state index contributed by atoms with van der Waals surface area (Å²) in [4.78, 5) is 29.1. The highest BCUT2D eigenvalue weighted by atomic mass is 16.6. The molecule has 5 fully saturated rings. The summed E-state index contributed by atoms with van der Waals surface area (Å²) in [5.41, 5.74) is 0.595. The molecule has 2 aliphatic carbocycles. The van der Waals surface area contributed by atoms with E-state index in [-0.39, 0.29) is 35.3 Å². The Balaban J connectivity index is 0.994. The largest absolute Gasteiger partial charge is 0.439 e. The fraction of sp³-hybridized carbons (Fsp3) is 0.750. The summed E-state index contributed by atoms with van der Waals surface area (Å²) in [6.45, 7) is 10.5. The van der Waals surface area contributed by atoms with Crippen molar-refractivity contribution < 1.29 is 23.8 Å². The number of carbonyl (C=O) groups is 2. The van der Waals surface area contributed by atoms with E-state index >= 15 is 0 Å². The number of allylic oxidation sites excluding steroid dienone is 3. The zero-order valence-electron chi connectivity index (χ0n) is 25.0. The van der Waals surface area contributed by atoms with E-state index in [1.54, 1.807) is 17.1 Å². The van der Waals surface area contributed by atoms with Gasteiger partial charge >= 0.3 is 6.09 Å². The fourth-order valence-electron chi connectivity index (χ4n) is 6.49. The number of hydrogen-bond donors (Lipinski definition) is 1. The summed E-state index contributed by atoms with van der Waals surface area (Å²) in [7, 11) is 2.06. The third-order valence-corrected chi connectivity index (χ3v) is 9.22. The van der Waals surface area contributed by atoms with Crippen LogP contribution >= 0.6 is 0 Å². The molecule has 0 aromatic carbocycles. The lowest BCUT2D eigenvalue weighted by atomic mass is 9.83. The molecule has 5 aliphatic rings. The normalized spacial score (nSPS) is 33.9. The van der Waals surface area contributed by atoms with Crippen LogP contribution in [0.4, 0.5) is 4.79 Å². The van der Waals surface area contributed by atoms with Crippen LogP contribution in [0.25, 0.3) is 0 Å². The maximum Gasteiger partial charge on any atom is 0.410 e. The monoisotopic (exact) mass is 555 g/mol. The lowest BCUT2D eigenvalue weighted by Crippen LogP contribution is -2.48. The number of epoxide rings is 1. The van der Waals surface area contributed by atoms with E-state index in [1.165, 1.54) is 5.57 Å². The van der Waals surface area contributed by atoms with Crippen LogP contribution in [-0.4, -0.2) is 90.6 Å². The summed E-state index contributed by atoms with van der Waals surface area (Å²) < 4.78 is 17.8. The molecule has 2 atom stereocenters. The average Bonchev–Trinajstić information content (AvgIpc) is 3.84. The van der Waals surface area contributed by atoms with Gasteiger partial charge in [-0.05, 0) is 84.8 Å². The summed E-state index contributed by atoms with van der Waals surface area (Å²) in [6, 6.07) is 0.213. The predicted molar refractivity (Wildman–Crippen MR) is 155 cm³/mol. The van der Waals surface area contributed by atoms with Crippen molar-refractivity contribution in [1.29, 1.82) is 0 Å². The number of likely N-dealkylation sites (N-methyl/N-ethyl adjacent to an activating group) is 1. The first-order chi connectivity index (χ1) is 19.0. The molecule has 0 radical (unpaired) electrons. The minimum Gasteiger partial charge on any atom is -0.439 e. The molecule has 2 amide bonds. The van der Waals surface area contributed by atoms with Gasteiger partial charge in [-0.1, -0.05) is 23.8 Å². The molecule has 3 heterocycles. The Bertz CT molecular complexity index is 1000. The van der Waals surface area contributed by atoms with E-state index in [1.807, 2.05) is 0 Å². The second kappa shape index (κ2) is 12.0. The molecule has 1 spiro atoms. The molecule has 0 aromatic rings. The second-order valence-electron chi connectivity index (χ2n) is 13.6. The maximum absolute atomic E-state index is 12.6. The topological polar surface area (TPSA) is 83.6 Å². The first-order valence-corrected chi connectivity index (χ1v) is 15.4. The molecule has 2 saturated carbocycles. The van der Waals surface area contributed by atoms with Crippen molar-refractivity contribution >= 4 is 12.0 Å². The van der Waals surface area contributed by atoms with Crippen molar-refractivity contribution in [2.24, 2.45) is 5.92 Å². The molecule has 3 aliphatic heterocycles. The van der Waals surface area contributed by atoms with Crippen LogP contribution in [0, 0.1) is 5.92 Å². The van der Waals surface area contributed by atoms with Crippen molar-refractivity contribution in [1.82, 2.24) is 15.1 Å². The molecule has 222 valence electrons. The molecular weight excluding hydrogens is 506 g/mol. The Kier molecular flexibility index (Phi) is 8.79. The van der Waals surface area contributed by atoms with E-state index in [2.05, 4.69) is 56.3 Å². The highest BCUT2D eigenvalue weighted by Gasteiger charge is 2.53. The highest BCUT2D eigenvalue weighted by molar-refractivity contribution is 5.88. The van der Waals surface area contributed by atoms with Crippen LogP contribution in [-0.2, 0) is 19.0 Å². The van der Waals surface area contributed by atoms with E-state index < -0.39 is 5.60 Å². The molecular formula is C32H49N3O5. The maximum atomic E-state index is 12.6. The quantitative estimate of drug-likeness (QED) is 0.264. The Morgan fingerprint density at radius 3 is 2.40 bits per heavy atom. The van der Waals surface area contributed by atoms with Crippen LogP contribution in [0.2, 0.25) is 0 Å². The summed E-state index contributed by atoms with van der Waals surface area (Å²) in [5, 5.41) is 3.17.